The number of carboxylic acid groups (broad SMARTS) is 1. The van der Waals surface area contributed by atoms with Crippen LogP contribution in [0.1, 0.15) is 41.6 Å². The summed E-state index contributed by atoms with van der Waals surface area (Å²) < 4.78 is 67.8. The number of pyridine rings is 1. The first-order chi connectivity index (χ1) is 25.1. The monoisotopic (exact) mass is 739 g/mol. The molecule has 12 nitrogen and oxygen atoms in total. The fraction of sp³-hybridized carbons (Fsp3) is 0.417. The Balaban J connectivity index is 1.06. The fourth-order valence-corrected chi connectivity index (χ4v) is 8.30. The number of alkyl halides is 1. The van der Waals surface area contributed by atoms with Gasteiger partial charge in [0, 0.05) is 79.9 Å². The maximum Gasteiger partial charge on any atom is 0.317 e. The Morgan fingerprint density at radius 3 is 2.42 bits per heavy atom. The van der Waals surface area contributed by atoms with Crippen molar-refractivity contribution in [3.05, 3.63) is 77.6 Å². The standard InChI is InChI=1S/C36H40F3N7O5S/c37-25-8-15-45(21-25)46(52(50)51)31-7-6-30(38)33(34(31)39)35(49)29-20-41-36-28(29)18-24(19-40-36)23-2-4-26(5-3-23)44-13-9-27(10-14-44)43-12-1-11-42(16-17-43)22-32(47)48/h2-7,18-20,25,27H,1,8-17,21-22H2,(H,40,41)(H,47,48)(H,50,51)/t25-/m1/s1. The molecule has 0 bridgehead atoms. The first-order valence-electron chi connectivity index (χ1n) is 17.4. The third kappa shape index (κ3) is 7.43. The van der Waals surface area contributed by atoms with E-state index in [1.54, 1.807) is 12.3 Å². The van der Waals surface area contributed by atoms with Crippen LogP contribution in [0.5, 0.6) is 0 Å². The average molecular weight is 740 g/mol. The molecule has 52 heavy (non-hydrogen) atoms. The van der Waals surface area contributed by atoms with Gasteiger partial charge in [0.15, 0.2) is 5.82 Å². The molecule has 5 heterocycles. The molecule has 2 aromatic carbocycles. The van der Waals surface area contributed by atoms with Gasteiger partial charge in [-0.05, 0) is 68.1 Å². The maximum absolute atomic E-state index is 15.9. The summed E-state index contributed by atoms with van der Waals surface area (Å²) in [4.78, 5) is 39.1. The van der Waals surface area contributed by atoms with Crippen LogP contribution in [0.25, 0.3) is 22.2 Å². The highest BCUT2D eigenvalue weighted by atomic mass is 32.2. The zero-order valence-electron chi connectivity index (χ0n) is 28.4. The van der Waals surface area contributed by atoms with Crippen molar-refractivity contribution < 1.29 is 36.6 Å². The molecule has 7 rings (SSSR count). The number of nitrogens with one attached hydrogen (secondary N) is 1. The molecule has 3 aliphatic rings. The molecular weight excluding hydrogens is 700 g/mol. The van der Waals surface area contributed by atoms with E-state index in [9.17, 15) is 22.7 Å². The van der Waals surface area contributed by atoms with Crippen molar-refractivity contribution >= 4 is 45.4 Å². The number of aromatic amines is 1. The van der Waals surface area contributed by atoms with Gasteiger partial charge < -0.3 is 15.0 Å². The molecule has 276 valence electrons. The minimum atomic E-state index is -2.81. The van der Waals surface area contributed by atoms with Gasteiger partial charge in [-0.3, -0.25) is 23.9 Å². The molecule has 0 amide bonds. The van der Waals surface area contributed by atoms with Crippen molar-refractivity contribution in [2.24, 2.45) is 0 Å². The number of hydrazine groups is 1. The Kier molecular flexibility index (Phi) is 10.6. The molecule has 16 heteroatoms. The van der Waals surface area contributed by atoms with E-state index in [0.717, 1.165) is 86.9 Å². The number of fused-ring (bicyclic) bond motifs is 1. The number of ketones is 1. The highest BCUT2D eigenvalue weighted by molar-refractivity contribution is 7.80. The smallest absolute Gasteiger partial charge is 0.317 e. The molecule has 0 spiro atoms. The lowest BCUT2D eigenvalue weighted by Crippen LogP contribution is -2.46. The molecule has 0 saturated carbocycles. The predicted octanol–water partition coefficient (Wildman–Crippen LogP) is 4.70. The minimum absolute atomic E-state index is 0.0283. The summed E-state index contributed by atoms with van der Waals surface area (Å²) in [5, 5.41) is 10.7. The number of piperidine rings is 1. The number of carbonyl (C=O) groups is 2. The lowest BCUT2D eigenvalue weighted by atomic mass is 9.99. The quantitative estimate of drug-likeness (QED) is 0.155. The zero-order chi connectivity index (χ0) is 36.5. The lowest BCUT2D eigenvalue weighted by Gasteiger charge is -2.39. The molecule has 3 saturated heterocycles. The average Bonchev–Trinajstić information content (AvgIpc) is 3.68. The summed E-state index contributed by atoms with van der Waals surface area (Å²) in [6, 6.07) is 12.0. The van der Waals surface area contributed by atoms with Gasteiger partial charge in [0.05, 0.1) is 18.7 Å². The summed E-state index contributed by atoms with van der Waals surface area (Å²) in [6.07, 6.45) is 4.76. The van der Waals surface area contributed by atoms with E-state index >= 15 is 8.78 Å². The normalized spacial score (nSPS) is 20.3. The van der Waals surface area contributed by atoms with E-state index in [1.165, 1.54) is 6.20 Å². The van der Waals surface area contributed by atoms with Crippen LogP contribution >= 0.6 is 0 Å². The van der Waals surface area contributed by atoms with Gasteiger partial charge in [-0.1, -0.05) is 12.1 Å². The molecule has 4 aromatic rings. The molecule has 3 N–H and O–H groups in total. The van der Waals surface area contributed by atoms with Gasteiger partial charge in [-0.15, -0.1) is 0 Å². The van der Waals surface area contributed by atoms with Crippen LogP contribution in [0, 0.1) is 11.6 Å². The van der Waals surface area contributed by atoms with E-state index in [1.807, 2.05) is 29.2 Å². The second kappa shape index (κ2) is 15.3. The number of rotatable bonds is 10. The molecule has 3 fully saturated rings. The number of hydrogen-bond acceptors (Lipinski definition) is 8. The zero-order valence-corrected chi connectivity index (χ0v) is 29.2. The molecule has 0 radical (unpaired) electrons. The summed E-state index contributed by atoms with van der Waals surface area (Å²) in [6.45, 7) is 5.10. The van der Waals surface area contributed by atoms with Crippen molar-refractivity contribution in [3.8, 4) is 11.1 Å². The molecule has 3 aliphatic heterocycles. The summed E-state index contributed by atoms with van der Waals surface area (Å²) >= 11 is -2.81. The number of carbonyl (C=O) groups excluding carboxylic acids is 1. The fourth-order valence-electron chi connectivity index (χ4n) is 7.64. The largest absolute Gasteiger partial charge is 0.480 e. The topological polar surface area (TPSA) is 137 Å². The van der Waals surface area contributed by atoms with Crippen molar-refractivity contribution in [1.29, 1.82) is 0 Å². The van der Waals surface area contributed by atoms with Crippen LogP contribution in [-0.2, 0) is 16.1 Å². The Hall–Kier alpha value is -4.35. The Bertz CT molecular complexity index is 1970. The van der Waals surface area contributed by atoms with Gasteiger partial charge >= 0.3 is 5.97 Å². The highest BCUT2D eigenvalue weighted by Gasteiger charge is 2.34. The van der Waals surface area contributed by atoms with Crippen molar-refractivity contribution in [2.75, 3.05) is 68.2 Å². The maximum atomic E-state index is 15.9. The second-order valence-electron chi connectivity index (χ2n) is 13.5. The van der Waals surface area contributed by atoms with Crippen LogP contribution < -0.4 is 9.31 Å². The number of aromatic nitrogens is 2. The van der Waals surface area contributed by atoms with Crippen LogP contribution in [0.4, 0.5) is 24.5 Å². The van der Waals surface area contributed by atoms with Gasteiger partial charge in [0.1, 0.15) is 23.3 Å². The number of H-pyrrole nitrogens is 1. The Labute approximate surface area is 301 Å². The molecule has 0 aliphatic carbocycles. The summed E-state index contributed by atoms with van der Waals surface area (Å²) in [7, 11) is 0. The summed E-state index contributed by atoms with van der Waals surface area (Å²) in [5.74, 6) is -4.24. The van der Waals surface area contributed by atoms with E-state index in [0.29, 0.717) is 27.1 Å². The first kappa shape index (κ1) is 36.0. The van der Waals surface area contributed by atoms with Gasteiger partial charge in [0.2, 0.25) is 5.78 Å². The molecular formula is C36H40F3N7O5S. The lowest BCUT2D eigenvalue weighted by molar-refractivity contribution is -0.138. The van der Waals surface area contributed by atoms with Crippen molar-refractivity contribution in [1.82, 2.24) is 24.8 Å². The number of halogens is 3. The van der Waals surface area contributed by atoms with Crippen LogP contribution in [-0.4, -0.2) is 122 Å². The third-order valence-electron chi connectivity index (χ3n) is 10.3. The van der Waals surface area contributed by atoms with Crippen molar-refractivity contribution in [2.45, 2.75) is 37.9 Å². The number of carboxylic acids is 1. The number of hydrogen-bond donors (Lipinski definition) is 3. The molecule has 2 atom stereocenters. The number of aliphatic carboxylic acids is 1. The van der Waals surface area contributed by atoms with E-state index < -0.39 is 52.1 Å². The van der Waals surface area contributed by atoms with Gasteiger partial charge in [0.25, 0.3) is 11.3 Å². The van der Waals surface area contributed by atoms with Crippen molar-refractivity contribution in [3.63, 3.8) is 0 Å². The number of nitrogens with zero attached hydrogens (tertiary/aromatic N) is 6. The predicted molar refractivity (Wildman–Crippen MR) is 191 cm³/mol. The van der Waals surface area contributed by atoms with E-state index in [-0.39, 0.29) is 31.6 Å². The third-order valence-corrected chi connectivity index (χ3v) is 11.0. The van der Waals surface area contributed by atoms with Gasteiger partial charge in [-0.25, -0.2) is 27.4 Å². The Morgan fingerprint density at radius 2 is 1.73 bits per heavy atom. The highest BCUT2D eigenvalue weighted by Crippen LogP contribution is 2.33. The van der Waals surface area contributed by atoms with Gasteiger partial charge in [-0.2, -0.15) is 4.41 Å². The van der Waals surface area contributed by atoms with E-state index in [4.69, 9.17) is 5.11 Å². The number of benzene rings is 2. The first-order valence-corrected chi connectivity index (χ1v) is 18.5. The second-order valence-corrected chi connectivity index (χ2v) is 14.3. The van der Waals surface area contributed by atoms with Crippen LogP contribution in [0.3, 0.4) is 0 Å². The van der Waals surface area contributed by atoms with E-state index in [2.05, 4.69) is 19.8 Å². The Morgan fingerprint density at radius 1 is 0.962 bits per heavy atom. The molecule has 1 unspecified atom stereocenters. The SMILES string of the molecule is O=C(O)CN1CCCN(C2CCN(c3ccc(-c4cnc5[nH]cc(C(=O)c6c(F)ccc(N(N7CC[C@@H](F)C7)S(=O)O)c6F)c5c4)cc3)CC2)CC1. The van der Waals surface area contributed by atoms with Crippen LogP contribution in [0.2, 0.25) is 0 Å². The summed E-state index contributed by atoms with van der Waals surface area (Å²) in [5.41, 5.74) is 1.49. The molecule has 2 aromatic heterocycles. The number of anilines is 2. The minimum Gasteiger partial charge on any atom is -0.480 e. The van der Waals surface area contributed by atoms with Crippen LogP contribution in [0.15, 0.2) is 54.9 Å².